The Morgan fingerprint density at radius 3 is 2.68 bits per heavy atom. The van der Waals surface area contributed by atoms with Crippen LogP contribution < -0.4 is 5.32 Å². The van der Waals surface area contributed by atoms with Gasteiger partial charge in [0.15, 0.2) is 0 Å². The summed E-state index contributed by atoms with van der Waals surface area (Å²) in [7, 11) is 0. The monoisotopic (exact) mass is 276 g/mol. The summed E-state index contributed by atoms with van der Waals surface area (Å²) in [5.41, 5.74) is 1.47. The van der Waals surface area contributed by atoms with Crippen LogP contribution in [0.1, 0.15) is 41.1 Å². The van der Waals surface area contributed by atoms with E-state index >= 15 is 0 Å². The third-order valence-electron chi connectivity index (χ3n) is 3.93. The van der Waals surface area contributed by atoms with Gasteiger partial charge in [0.25, 0.3) is 0 Å². The lowest BCUT2D eigenvalue weighted by Gasteiger charge is -2.33. The van der Waals surface area contributed by atoms with Crippen LogP contribution in [-0.4, -0.2) is 30.6 Å². The molecular weight excluding hydrogens is 252 g/mol. The molecule has 104 valence electrons. The van der Waals surface area contributed by atoms with Crippen molar-refractivity contribution < 1.29 is 0 Å². The van der Waals surface area contributed by atoms with Gasteiger partial charge in [-0.15, -0.1) is 17.8 Å². The number of aryl methyl sites for hydroxylation is 2. The van der Waals surface area contributed by atoms with Gasteiger partial charge < -0.3 is 5.32 Å². The number of thiophene rings is 1. The quantitative estimate of drug-likeness (QED) is 0.850. The molecule has 2 nitrogen and oxygen atoms in total. The molecule has 1 aliphatic rings. The minimum absolute atomic E-state index is 0.453. The summed E-state index contributed by atoms with van der Waals surface area (Å²) >= 11 is 1.90. The van der Waals surface area contributed by atoms with Gasteiger partial charge in [0.1, 0.15) is 0 Å². The van der Waals surface area contributed by atoms with Gasteiger partial charge in [-0.25, -0.2) is 0 Å². The van der Waals surface area contributed by atoms with Gasteiger partial charge in [-0.2, -0.15) is 0 Å². The van der Waals surface area contributed by atoms with Crippen LogP contribution in [0, 0.1) is 26.2 Å². The van der Waals surface area contributed by atoms with Crippen molar-refractivity contribution >= 4 is 11.3 Å². The zero-order valence-corrected chi connectivity index (χ0v) is 13.0. The van der Waals surface area contributed by atoms with Crippen molar-refractivity contribution in [2.45, 2.75) is 45.7 Å². The molecule has 2 rings (SSSR count). The fraction of sp³-hybridized carbons (Fsp3) is 0.625. The molecule has 1 aromatic heterocycles. The second-order valence-corrected chi connectivity index (χ2v) is 6.97. The molecule has 1 fully saturated rings. The van der Waals surface area contributed by atoms with Crippen molar-refractivity contribution in [2.24, 2.45) is 0 Å². The molecule has 2 heterocycles. The predicted molar refractivity (Wildman–Crippen MR) is 83.6 cm³/mol. The van der Waals surface area contributed by atoms with E-state index in [1.54, 1.807) is 0 Å². The number of hydrogen-bond acceptors (Lipinski definition) is 3. The van der Waals surface area contributed by atoms with E-state index in [0.717, 1.165) is 19.6 Å². The van der Waals surface area contributed by atoms with Gasteiger partial charge in [-0.3, -0.25) is 4.90 Å². The zero-order valence-electron chi connectivity index (χ0n) is 12.2. The van der Waals surface area contributed by atoms with Crippen molar-refractivity contribution in [2.75, 3.05) is 19.6 Å². The first-order valence-electron chi connectivity index (χ1n) is 7.09. The maximum Gasteiger partial charge on any atom is 0.0598 e. The Labute approximate surface area is 121 Å². The highest BCUT2D eigenvalue weighted by Gasteiger charge is 2.21. The van der Waals surface area contributed by atoms with Gasteiger partial charge in [-0.1, -0.05) is 5.92 Å². The molecule has 0 saturated carbocycles. The fourth-order valence-electron chi connectivity index (χ4n) is 2.91. The highest BCUT2D eigenvalue weighted by Crippen LogP contribution is 2.27. The fourth-order valence-corrected chi connectivity index (χ4v) is 3.93. The molecule has 19 heavy (non-hydrogen) atoms. The van der Waals surface area contributed by atoms with Gasteiger partial charge in [-0.05, 0) is 45.2 Å². The van der Waals surface area contributed by atoms with Gasteiger partial charge in [0, 0.05) is 34.9 Å². The van der Waals surface area contributed by atoms with Crippen LogP contribution >= 0.6 is 11.3 Å². The van der Waals surface area contributed by atoms with E-state index in [9.17, 15) is 0 Å². The van der Waals surface area contributed by atoms with Gasteiger partial charge in [0.05, 0.1) is 6.54 Å². The number of nitrogens with zero attached hydrogens (tertiary/aromatic N) is 1. The van der Waals surface area contributed by atoms with Crippen molar-refractivity contribution in [1.82, 2.24) is 10.2 Å². The van der Waals surface area contributed by atoms with Crippen LogP contribution in [0.3, 0.4) is 0 Å². The molecular formula is C16H24N2S. The van der Waals surface area contributed by atoms with Crippen molar-refractivity contribution in [1.29, 1.82) is 0 Å². The largest absolute Gasteiger partial charge is 0.307 e. The lowest BCUT2D eigenvalue weighted by molar-refractivity contribution is 0.211. The van der Waals surface area contributed by atoms with Crippen LogP contribution in [0.5, 0.6) is 0 Å². The molecule has 1 aromatic rings. The second-order valence-electron chi connectivity index (χ2n) is 5.51. The van der Waals surface area contributed by atoms with Crippen LogP contribution in [0.2, 0.25) is 0 Å². The van der Waals surface area contributed by atoms with Crippen LogP contribution in [0.25, 0.3) is 0 Å². The van der Waals surface area contributed by atoms with E-state index in [1.165, 1.54) is 28.2 Å². The molecule has 0 amide bonds. The van der Waals surface area contributed by atoms with Gasteiger partial charge >= 0.3 is 0 Å². The maximum absolute atomic E-state index is 5.36. The molecule has 1 saturated heterocycles. The summed E-state index contributed by atoms with van der Waals surface area (Å²) in [4.78, 5) is 5.22. The predicted octanol–water partition coefficient (Wildman–Crippen LogP) is 3.11. The third kappa shape index (κ3) is 3.82. The first-order chi connectivity index (χ1) is 9.10. The van der Waals surface area contributed by atoms with E-state index in [4.69, 9.17) is 6.42 Å². The maximum atomic E-state index is 5.36. The summed E-state index contributed by atoms with van der Waals surface area (Å²) < 4.78 is 0. The van der Waals surface area contributed by atoms with Gasteiger partial charge in [0.2, 0.25) is 0 Å². The summed E-state index contributed by atoms with van der Waals surface area (Å²) in [6, 6.07) is 3.41. The second kappa shape index (κ2) is 6.56. The molecule has 0 spiro atoms. The van der Waals surface area contributed by atoms with Crippen LogP contribution in [0.4, 0.5) is 0 Å². The van der Waals surface area contributed by atoms with E-state index in [0.29, 0.717) is 12.1 Å². The topological polar surface area (TPSA) is 15.3 Å². The molecule has 0 bridgehead atoms. The number of hydrogen-bond donors (Lipinski definition) is 1. The summed E-state index contributed by atoms with van der Waals surface area (Å²) in [6.45, 7) is 9.73. The van der Waals surface area contributed by atoms with Crippen molar-refractivity contribution in [3.8, 4) is 12.3 Å². The number of likely N-dealkylation sites (tertiary alicyclic amines) is 1. The Kier molecular flexibility index (Phi) is 5.04. The smallest absolute Gasteiger partial charge is 0.0598 e. The van der Waals surface area contributed by atoms with Crippen molar-refractivity contribution in [3.63, 3.8) is 0 Å². The molecule has 0 aromatic carbocycles. The average Bonchev–Trinajstić information content (AvgIpc) is 2.71. The molecule has 0 radical (unpaired) electrons. The van der Waals surface area contributed by atoms with E-state index in [-0.39, 0.29) is 0 Å². The number of piperidine rings is 1. The van der Waals surface area contributed by atoms with E-state index in [1.807, 2.05) is 11.3 Å². The standard InChI is InChI=1S/C16H24N2S/c1-5-8-18-9-6-15(7-10-18)17-13(3)16-11-12(2)19-14(16)4/h1,11,13,15,17H,6-10H2,2-4H3. The Morgan fingerprint density at radius 1 is 1.47 bits per heavy atom. The molecule has 1 unspecified atom stereocenters. The summed E-state index contributed by atoms with van der Waals surface area (Å²) in [6.07, 6.45) is 7.77. The van der Waals surface area contributed by atoms with Crippen LogP contribution in [-0.2, 0) is 0 Å². The molecule has 0 aliphatic carbocycles. The minimum Gasteiger partial charge on any atom is -0.307 e. The summed E-state index contributed by atoms with van der Waals surface area (Å²) in [5.74, 6) is 2.74. The van der Waals surface area contributed by atoms with E-state index in [2.05, 4.69) is 43.0 Å². The molecule has 1 atom stereocenters. The van der Waals surface area contributed by atoms with E-state index < -0.39 is 0 Å². The Bertz CT molecular complexity index is 450. The Morgan fingerprint density at radius 2 is 2.16 bits per heavy atom. The van der Waals surface area contributed by atoms with Crippen LogP contribution in [0.15, 0.2) is 6.07 Å². The molecule has 1 aliphatic heterocycles. The Hall–Kier alpha value is -0.820. The lowest BCUT2D eigenvalue weighted by Crippen LogP contribution is -2.43. The first-order valence-corrected chi connectivity index (χ1v) is 7.90. The number of terminal acetylenes is 1. The summed E-state index contributed by atoms with van der Waals surface area (Å²) in [5, 5.41) is 3.78. The molecule has 3 heteroatoms. The number of nitrogens with one attached hydrogen (secondary N) is 1. The SMILES string of the molecule is C#CCN1CCC(NC(C)c2cc(C)sc2C)CC1. The highest BCUT2D eigenvalue weighted by atomic mass is 32.1. The number of rotatable bonds is 4. The minimum atomic E-state index is 0.453. The third-order valence-corrected chi connectivity index (χ3v) is 4.92. The first kappa shape index (κ1) is 14.6. The Balaban J connectivity index is 1.86. The lowest BCUT2D eigenvalue weighted by atomic mass is 10.0. The average molecular weight is 276 g/mol. The normalized spacial score (nSPS) is 19.3. The zero-order chi connectivity index (χ0) is 13.8. The van der Waals surface area contributed by atoms with Crippen molar-refractivity contribution in [3.05, 3.63) is 21.4 Å². The molecule has 1 N–H and O–H groups in total. The highest BCUT2D eigenvalue weighted by molar-refractivity contribution is 7.12.